The first-order valence-electron chi connectivity index (χ1n) is 7.11. The Labute approximate surface area is 135 Å². The number of alkyl carbamates (subject to hydrolysis) is 1. The van der Waals surface area contributed by atoms with Gasteiger partial charge in [0.15, 0.2) is 0 Å². The number of thioether (sulfide) groups is 1. The van der Waals surface area contributed by atoms with Crippen molar-refractivity contribution in [1.82, 2.24) is 10.2 Å². The summed E-state index contributed by atoms with van der Waals surface area (Å²) in [7, 11) is 1.28. The lowest BCUT2D eigenvalue weighted by Gasteiger charge is -2.29. The Kier molecular flexibility index (Phi) is 6.52. The highest BCUT2D eigenvalue weighted by atomic mass is 32.2. The van der Waals surface area contributed by atoms with Gasteiger partial charge in [0.2, 0.25) is 5.91 Å². The first-order chi connectivity index (χ1) is 10.2. The standard InChI is InChI=1S/C14H24N2O5S/c1-9(12(18)20-5)16-6-7-22-8-10(11(16)17)15-13(19)21-14(2,3)4/h9-10H,6-8H2,1-5H3,(H,15,19). The summed E-state index contributed by atoms with van der Waals surface area (Å²) in [6.07, 6.45) is -0.640. The van der Waals surface area contributed by atoms with Gasteiger partial charge in [-0.3, -0.25) is 4.79 Å². The Morgan fingerprint density at radius 2 is 2.05 bits per heavy atom. The van der Waals surface area contributed by atoms with Crippen molar-refractivity contribution in [3.05, 3.63) is 0 Å². The van der Waals surface area contributed by atoms with Gasteiger partial charge in [-0.1, -0.05) is 0 Å². The van der Waals surface area contributed by atoms with Crippen LogP contribution < -0.4 is 5.32 Å². The van der Waals surface area contributed by atoms with Gasteiger partial charge in [-0.2, -0.15) is 11.8 Å². The third-order valence-electron chi connectivity index (χ3n) is 3.04. The van der Waals surface area contributed by atoms with E-state index in [9.17, 15) is 14.4 Å². The van der Waals surface area contributed by atoms with Crippen molar-refractivity contribution in [1.29, 1.82) is 0 Å². The molecule has 2 unspecified atom stereocenters. The number of hydrogen-bond donors (Lipinski definition) is 1. The van der Waals surface area contributed by atoms with E-state index in [1.54, 1.807) is 39.5 Å². The van der Waals surface area contributed by atoms with Crippen LogP contribution in [0.4, 0.5) is 4.79 Å². The van der Waals surface area contributed by atoms with Crippen LogP contribution >= 0.6 is 11.8 Å². The molecule has 22 heavy (non-hydrogen) atoms. The largest absolute Gasteiger partial charge is 0.467 e. The van der Waals surface area contributed by atoms with Gasteiger partial charge in [0.25, 0.3) is 0 Å². The molecule has 0 radical (unpaired) electrons. The Balaban J connectivity index is 2.76. The minimum Gasteiger partial charge on any atom is -0.467 e. The fourth-order valence-electron chi connectivity index (χ4n) is 1.98. The highest BCUT2D eigenvalue weighted by Gasteiger charge is 2.35. The number of carbonyl (C=O) groups is 3. The normalized spacial score (nSPS) is 20.9. The minimum atomic E-state index is -0.713. The summed E-state index contributed by atoms with van der Waals surface area (Å²) >= 11 is 1.54. The SMILES string of the molecule is COC(=O)C(C)N1CCSCC(NC(=O)OC(C)(C)C)C1=O. The summed E-state index contributed by atoms with van der Waals surface area (Å²) in [5.74, 6) is 0.368. The van der Waals surface area contributed by atoms with Crippen LogP contribution in [0.2, 0.25) is 0 Å². The molecule has 1 saturated heterocycles. The maximum absolute atomic E-state index is 12.5. The average Bonchev–Trinajstić information content (AvgIpc) is 2.58. The lowest BCUT2D eigenvalue weighted by molar-refractivity contribution is -0.152. The van der Waals surface area contributed by atoms with Crippen LogP contribution in [0, 0.1) is 0 Å². The zero-order valence-electron chi connectivity index (χ0n) is 13.7. The molecule has 2 atom stereocenters. The molecule has 1 heterocycles. The molecule has 0 aliphatic carbocycles. The first-order valence-corrected chi connectivity index (χ1v) is 8.26. The molecule has 2 amide bonds. The van der Waals surface area contributed by atoms with Crippen molar-refractivity contribution in [2.45, 2.75) is 45.4 Å². The molecule has 126 valence electrons. The van der Waals surface area contributed by atoms with E-state index < -0.39 is 29.7 Å². The number of amides is 2. The summed E-state index contributed by atoms with van der Waals surface area (Å²) in [6.45, 7) is 7.31. The van der Waals surface area contributed by atoms with Gasteiger partial charge in [0, 0.05) is 18.1 Å². The summed E-state index contributed by atoms with van der Waals surface area (Å²) in [5, 5.41) is 2.58. The van der Waals surface area contributed by atoms with Gasteiger partial charge in [0.05, 0.1) is 7.11 Å². The predicted molar refractivity (Wildman–Crippen MR) is 83.7 cm³/mol. The molecule has 0 spiro atoms. The van der Waals surface area contributed by atoms with Crippen molar-refractivity contribution < 1.29 is 23.9 Å². The lowest BCUT2D eigenvalue weighted by atomic mass is 10.2. The molecule has 0 aromatic heterocycles. The molecule has 7 nitrogen and oxygen atoms in total. The van der Waals surface area contributed by atoms with Gasteiger partial charge in [-0.25, -0.2) is 9.59 Å². The maximum Gasteiger partial charge on any atom is 0.408 e. The highest BCUT2D eigenvalue weighted by Crippen LogP contribution is 2.16. The summed E-state index contributed by atoms with van der Waals surface area (Å²) in [6, 6.07) is -1.39. The zero-order valence-corrected chi connectivity index (χ0v) is 14.5. The van der Waals surface area contributed by atoms with Crippen LogP contribution in [0.25, 0.3) is 0 Å². The number of carbonyl (C=O) groups excluding carboxylic acids is 3. The van der Waals surface area contributed by atoms with E-state index in [-0.39, 0.29) is 5.91 Å². The van der Waals surface area contributed by atoms with Gasteiger partial charge >= 0.3 is 12.1 Å². The van der Waals surface area contributed by atoms with Crippen molar-refractivity contribution in [3.8, 4) is 0 Å². The minimum absolute atomic E-state index is 0.297. The molecular weight excluding hydrogens is 308 g/mol. The molecule has 0 saturated carbocycles. The molecule has 0 aromatic carbocycles. The fourth-order valence-corrected chi connectivity index (χ4v) is 2.94. The maximum atomic E-state index is 12.5. The van der Waals surface area contributed by atoms with Gasteiger partial charge in [-0.15, -0.1) is 0 Å². The summed E-state index contributed by atoms with van der Waals surface area (Å²) < 4.78 is 9.86. The van der Waals surface area contributed by atoms with Crippen molar-refractivity contribution in [2.24, 2.45) is 0 Å². The molecule has 1 N–H and O–H groups in total. The number of esters is 1. The molecule has 1 aliphatic heterocycles. The molecule has 1 rings (SSSR count). The van der Waals surface area contributed by atoms with Gasteiger partial charge < -0.3 is 19.7 Å². The fraction of sp³-hybridized carbons (Fsp3) is 0.786. The highest BCUT2D eigenvalue weighted by molar-refractivity contribution is 7.99. The summed E-state index contributed by atoms with van der Waals surface area (Å²) in [4.78, 5) is 37.5. The second-order valence-electron chi connectivity index (χ2n) is 6.00. The molecule has 1 aliphatic rings. The van der Waals surface area contributed by atoms with E-state index in [1.807, 2.05) is 0 Å². The lowest BCUT2D eigenvalue weighted by Crippen LogP contribution is -2.54. The van der Waals surface area contributed by atoms with Crippen LogP contribution in [0.15, 0.2) is 0 Å². The van der Waals surface area contributed by atoms with Crippen LogP contribution in [0.5, 0.6) is 0 Å². The third kappa shape index (κ3) is 5.40. The zero-order chi connectivity index (χ0) is 16.9. The van der Waals surface area contributed by atoms with Crippen LogP contribution in [0.1, 0.15) is 27.7 Å². The van der Waals surface area contributed by atoms with Gasteiger partial charge in [-0.05, 0) is 27.7 Å². The Morgan fingerprint density at radius 1 is 1.41 bits per heavy atom. The van der Waals surface area contributed by atoms with E-state index in [0.717, 1.165) is 0 Å². The molecule has 8 heteroatoms. The van der Waals surface area contributed by atoms with Gasteiger partial charge in [0.1, 0.15) is 17.7 Å². The number of methoxy groups -OCH3 is 1. The molecular formula is C14H24N2O5S. The van der Waals surface area contributed by atoms with E-state index >= 15 is 0 Å². The van der Waals surface area contributed by atoms with Crippen molar-refractivity contribution in [3.63, 3.8) is 0 Å². The Hall–Kier alpha value is -1.44. The number of nitrogens with zero attached hydrogens (tertiary/aromatic N) is 1. The van der Waals surface area contributed by atoms with Crippen molar-refractivity contribution in [2.75, 3.05) is 25.2 Å². The number of hydrogen-bond acceptors (Lipinski definition) is 6. The van der Waals surface area contributed by atoms with Crippen molar-refractivity contribution >= 4 is 29.7 Å². The number of nitrogens with one attached hydrogen (secondary N) is 1. The quantitative estimate of drug-likeness (QED) is 0.777. The summed E-state index contributed by atoms with van der Waals surface area (Å²) in [5.41, 5.74) is -0.635. The number of ether oxygens (including phenoxy) is 2. The second-order valence-corrected chi connectivity index (χ2v) is 7.15. The molecule has 0 bridgehead atoms. The van der Waals surface area contributed by atoms with Crippen LogP contribution in [-0.2, 0) is 19.1 Å². The molecule has 0 aromatic rings. The monoisotopic (exact) mass is 332 g/mol. The molecule has 1 fully saturated rings. The van der Waals surface area contributed by atoms with Crippen LogP contribution in [-0.4, -0.2) is 65.7 Å². The second kappa shape index (κ2) is 7.71. The average molecular weight is 332 g/mol. The number of rotatable bonds is 3. The smallest absolute Gasteiger partial charge is 0.408 e. The van der Waals surface area contributed by atoms with Crippen LogP contribution in [0.3, 0.4) is 0 Å². The van der Waals surface area contributed by atoms with E-state index in [4.69, 9.17) is 4.74 Å². The van der Waals surface area contributed by atoms with E-state index in [1.165, 1.54) is 12.0 Å². The topological polar surface area (TPSA) is 84.9 Å². The van der Waals surface area contributed by atoms with E-state index in [2.05, 4.69) is 10.1 Å². The third-order valence-corrected chi connectivity index (χ3v) is 4.08. The Bertz CT molecular complexity index is 435. The predicted octanol–water partition coefficient (Wildman–Crippen LogP) is 1.02. The Morgan fingerprint density at radius 3 is 2.59 bits per heavy atom. The first kappa shape index (κ1) is 18.6. The van der Waals surface area contributed by atoms with E-state index in [0.29, 0.717) is 18.1 Å².